The van der Waals surface area contributed by atoms with Crippen LogP contribution in [-0.2, 0) is 0 Å². The topological polar surface area (TPSA) is 29.1 Å². The SMILES string of the molecule is CNCC=Cc1ccsc1C(C)=O. The lowest BCUT2D eigenvalue weighted by Crippen LogP contribution is -2.03. The molecule has 0 saturated heterocycles. The zero-order chi connectivity index (χ0) is 9.68. The summed E-state index contributed by atoms with van der Waals surface area (Å²) >= 11 is 1.49. The Morgan fingerprint density at radius 1 is 1.69 bits per heavy atom. The molecule has 2 nitrogen and oxygen atoms in total. The summed E-state index contributed by atoms with van der Waals surface area (Å²) in [7, 11) is 1.89. The molecule has 0 amide bonds. The predicted octanol–water partition coefficient (Wildman–Crippen LogP) is 2.18. The van der Waals surface area contributed by atoms with Gasteiger partial charge in [0, 0.05) is 6.54 Å². The molecule has 0 atom stereocenters. The number of rotatable bonds is 4. The first-order chi connectivity index (χ1) is 6.25. The minimum Gasteiger partial charge on any atom is -0.316 e. The molecule has 70 valence electrons. The van der Waals surface area contributed by atoms with E-state index in [1.807, 2.05) is 30.6 Å². The van der Waals surface area contributed by atoms with Crippen LogP contribution in [0.15, 0.2) is 17.5 Å². The minimum atomic E-state index is 0.138. The summed E-state index contributed by atoms with van der Waals surface area (Å²) in [6, 6.07) is 1.97. The highest BCUT2D eigenvalue weighted by Crippen LogP contribution is 2.18. The van der Waals surface area contributed by atoms with E-state index in [0.717, 1.165) is 17.0 Å². The first kappa shape index (κ1) is 10.2. The van der Waals surface area contributed by atoms with Crippen LogP contribution in [0.4, 0.5) is 0 Å². The standard InChI is InChI=1S/C10H13NOS/c1-8(12)10-9(5-7-13-10)4-3-6-11-2/h3-5,7,11H,6H2,1-2H3. The zero-order valence-corrected chi connectivity index (χ0v) is 8.65. The summed E-state index contributed by atoms with van der Waals surface area (Å²) in [5.41, 5.74) is 1.02. The second kappa shape index (κ2) is 4.94. The molecule has 0 bridgehead atoms. The molecule has 0 aliphatic carbocycles. The van der Waals surface area contributed by atoms with Crippen LogP contribution in [0.5, 0.6) is 0 Å². The highest BCUT2D eigenvalue weighted by molar-refractivity contribution is 7.12. The Kier molecular flexibility index (Phi) is 3.86. The van der Waals surface area contributed by atoms with Crippen LogP contribution in [0, 0.1) is 0 Å². The molecule has 0 aliphatic heterocycles. The van der Waals surface area contributed by atoms with E-state index in [4.69, 9.17) is 0 Å². The molecule has 0 spiro atoms. The lowest BCUT2D eigenvalue weighted by molar-refractivity contribution is 0.102. The highest BCUT2D eigenvalue weighted by atomic mass is 32.1. The van der Waals surface area contributed by atoms with Gasteiger partial charge in [-0.25, -0.2) is 0 Å². The normalized spacial score (nSPS) is 10.9. The third-order valence-corrected chi connectivity index (χ3v) is 2.67. The van der Waals surface area contributed by atoms with E-state index in [1.54, 1.807) is 6.92 Å². The molecule has 1 aromatic rings. The van der Waals surface area contributed by atoms with Crippen LogP contribution in [0.25, 0.3) is 6.08 Å². The summed E-state index contributed by atoms with van der Waals surface area (Å²) in [5.74, 6) is 0.138. The smallest absolute Gasteiger partial charge is 0.170 e. The Bertz CT molecular complexity index is 314. The molecule has 0 aromatic carbocycles. The maximum Gasteiger partial charge on any atom is 0.170 e. The van der Waals surface area contributed by atoms with Crippen molar-refractivity contribution in [2.24, 2.45) is 0 Å². The number of thiophene rings is 1. The fraction of sp³-hybridized carbons (Fsp3) is 0.300. The molecule has 1 N–H and O–H groups in total. The van der Waals surface area contributed by atoms with Crippen LogP contribution in [-0.4, -0.2) is 19.4 Å². The molecule has 3 heteroatoms. The molecule has 1 aromatic heterocycles. The summed E-state index contributed by atoms with van der Waals surface area (Å²) in [5, 5.41) is 4.95. The Morgan fingerprint density at radius 3 is 3.08 bits per heavy atom. The fourth-order valence-corrected chi connectivity index (χ4v) is 1.83. The Morgan fingerprint density at radius 2 is 2.46 bits per heavy atom. The molecular formula is C10H13NOS. The van der Waals surface area contributed by atoms with Crippen molar-refractivity contribution in [2.45, 2.75) is 6.92 Å². The van der Waals surface area contributed by atoms with Crippen molar-refractivity contribution < 1.29 is 4.79 Å². The third kappa shape index (κ3) is 2.79. The fourth-order valence-electron chi connectivity index (χ4n) is 1.04. The molecule has 0 radical (unpaired) electrons. The van der Waals surface area contributed by atoms with Gasteiger partial charge >= 0.3 is 0 Å². The van der Waals surface area contributed by atoms with Gasteiger partial charge in [0.15, 0.2) is 5.78 Å². The highest BCUT2D eigenvalue weighted by Gasteiger charge is 2.04. The third-order valence-electron chi connectivity index (χ3n) is 1.63. The van der Waals surface area contributed by atoms with Crippen molar-refractivity contribution in [1.82, 2.24) is 5.32 Å². The van der Waals surface area contributed by atoms with Crippen LogP contribution in [0.3, 0.4) is 0 Å². The van der Waals surface area contributed by atoms with Crippen molar-refractivity contribution in [3.63, 3.8) is 0 Å². The van der Waals surface area contributed by atoms with Crippen molar-refractivity contribution in [1.29, 1.82) is 0 Å². The summed E-state index contributed by atoms with van der Waals surface area (Å²) in [4.78, 5) is 12.0. The van der Waals surface area contributed by atoms with Crippen LogP contribution in [0.1, 0.15) is 22.2 Å². The average molecular weight is 195 g/mol. The number of hydrogen-bond acceptors (Lipinski definition) is 3. The summed E-state index contributed by atoms with van der Waals surface area (Å²) in [6.07, 6.45) is 3.98. The number of likely N-dealkylation sites (N-methyl/N-ethyl adjacent to an activating group) is 1. The van der Waals surface area contributed by atoms with Gasteiger partial charge in [0.2, 0.25) is 0 Å². The van der Waals surface area contributed by atoms with Crippen molar-refractivity contribution in [3.8, 4) is 0 Å². The predicted molar refractivity (Wildman–Crippen MR) is 57.3 cm³/mol. The largest absolute Gasteiger partial charge is 0.316 e. The van der Waals surface area contributed by atoms with Crippen molar-refractivity contribution in [2.75, 3.05) is 13.6 Å². The molecule has 0 fully saturated rings. The molecule has 0 unspecified atom stereocenters. The van der Waals surface area contributed by atoms with Gasteiger partial charge in [-0.15, -0.1) is 11.3 Å². The van der Waals surface area contributed by atoms with E-state index in [9.17, 15) is 4.79 Å². The molecule has 0 saturated carbocycles. The minimum absolute atomic E-state index is 0.138. The lowest BCUT2D eigenvalue weighted by atomic mass is 10.2. The second-order valence-corrected chi connectivity index (χ2v) is 3.64. The zero-order valence-electron chi connectivity index (χ0n) is 7.83. The van der Waals surface area contributed by atoms with E-state index >= 15 is 0 Å². The number of ketones is 1. The number of hydrogen-bond donors (Lipinski definition) is 1. The van der Waals surface area contributed by atoms with E-state index in [-0.39, 0.29) is 5.78 Å². The molecular weight excluding hydrogens is 182 g/mol. The monoisotopic (exact) mass is 195 g/mol. The number of carbonyl (C=O) groups excluding carboxylic acids is 1. The van der Waals surface area contributed by atoms with Crippen molar-refractivity contribution >= 4 is 23.2 Å². The van der Waals surface area contributed by atoms with Gasteiger partial charge in [0.1, 0.15) is 0 Å². The molecule has 0 aliphatic rings. The van der Waals surface area contributed by atoms with Gasteiger partial charge in [0.05, 0.1) is 4.88 Å². The van der Waals surface area contributed by atoms with Gasteiger partial charge < -0.3 is 5.32 Å². The lowest BCUT2D eigenvalue weighted by Gasteiger charge is -1.92. The molecule has 13 heavy (non-hydrogen) atoms. The number of carbonyl (C=O) groups is 1. The van der Waals surface area contributed by atoms with Crippen molar-refractivity contribution in [3.05, 3.63) is 28.0 Å². The summed E-state index contributed by atoms with van der Waals surface area (Å²) < 4.78 is 0. The maximum atomic E-state index is 11.1. The van der Waals surface area contributed by atoms with Crippen LogP contribution < -0.4 is 5.32 Å². The summed E-state index contributed by atoms with van der Waals surface area (Å²) in [6.45, 7) is 2.43. The first-order valence-corrected chi connectivity index (χ1v) is 5.03. The van der Waals surface area contributed by atoms with E-state index in [1.165, 1.54) is 11.3 Å². The van der Waals surface area contributed by atoms with E-state index in [2.05, 4.69) is 5.32 Å². The van der Waals surface area contributed by atoms with E-state index < -0.39 is 0 Å². The molecule has 1 rings (SSSR count). The second-order valence-electron chi connectivity index (χ2n) is 2.72. The Balaban J connectivity index is 2.76. The number of Topliss-reactive ketones (excluding diaryl/α,β-unsaturated/α-hetero) is 1. The Hall–Kier alpha value is -0.930. The maximum absolute atomic E-state index is 11.1. The average Bonchev–Trinajstić information content (AvgIpc) is 2.53. The van der Waals surface area contributed by atoms with Gasteiger partial charge in [-0.05, 0) is 31.0 Å². The Labute approximate surface area is 82.3 Å². The molecule has 1 heterocycles. The van der Waals surface area contributed by atoms with Gasteiger partial charge in [-0.1, -0.05) is 12.2 Å². The quantitative estimate of drug-likeness (QED) is 0.746. The first-order valence-electron chi connectivity index (χ1n) is 4.15. The van der Waals surface area contributed by atoms with Crippen LogP contribution in [0.2, 0.25) is 0 Å². The van der Waals surface area contributed by atoms with Gasteiger partial charge in [0.25, 0.3) is 0 Å². The number of nitrogens with one attached hydrogen (secondary N) is 1. The van der Waals surface area contributed by atoms with Gasteiger partial charge in [-0.2, -0.15) is 0 Å². The van der Waals surface area contributed by atoms with E-state index in [0.29, 0.717) is 0 Å². The van der Waals surface area contributed by atoms with Crippen LogP contribution >= 0.6 is 11.3 Å². The van der Waals surface area contributed by atoms with Gasteiger partial charge in [-0.3, -0.25) is 4.79 Å².